The first-order valence-corrected chi connectivity index (χ1v) is 6.88. The minimum absolute atomic E-state index is 0.126. The van der Waals surface area contributed by atoms with Gasteiger partial charge in [0.15, 0.2) is 5.78 Å². The van der Waals surface area contributed by atoms with Gasteiger partial charge in [0.1, 0.15) is 12.4 Å². The average Bonchev–Trinajstić information content (AvgIpc) is 2.46. The molecule has 2 aromatic rings. The standard InChI is InChI=1S/C16H11Cl2NO2/c1-10(20)14-7-13(17)4-5-16(14)21-9-12-3-2-11(8-19)6-15(12)18/h2-7H,9H2,1H3. The van der Waals surface area contributed by atoms with E-state index in [9.17, 15) is 4.79 Å². The van der Waals surface area contributed by atoms with E-state index in [-0.39, 0.29) is 12.4 Å². The summed E-state index contributed by atoms with van der Waals surface area (Å²) < 4.78 is 5.65. The Morgan fingerprint density at radius 1 is 1.24 bits per heavy atom. The summed E-state index contributed by atoms with van der Waals surface area (Å²) in [5.41, 5.74) is 1.65. The molecule has 0 saturated heterocycles. The van der Waals surface area contributed by atoms with Gasteiger partial charge in [-0.1, -0.05) is 29.3 Å². The van der Waals surface area contributed by atoms with Crippen LogP contribution < -0.4 is 4.74 Å². The Bertz CT molecular complexity index is 736. The number of carbonyl (C=O) groups excluding carboxylic acids is 1. The van der Waals surface area contributed by atoms with Crippen LogP contribution in [0.15, 0.2) is 36.4 Å². The van der Waals surface area contributed by atoms with Crippen LogP contribution in [0.3, 0.4) is 0 Å². The maximum Gasteiger partial charge on any atom is 0.163 e. The molecule has 21 heavy (non-hydrogen) atoms. The molecule has 0 saturated carbocycles. The number of rotatable bonds is 4. The fourth-order valence-corrected chi connectivity index (χ4v) is 2.20. The molecule has 0 fully saturated rings. The van der Waals surface area contributed by atoms with Gasteiger partial charge in [-0.25, -0.2) is 0 Å². The van der Waals surface area contributed by atoms with Crippen molar-refractivity contribution in [1.29, 1.82) is 5.26 Å². The first-order chi connectivity index (χ1) is 10.0. The van der Waals surface area contributed by atoms with Crippen LogP contribution in [0.2, 0.25) is 10.0 Å². The van der Waals surface area contributed by atoms with E-state index in [4.69, 9.17) is 33.2 Å². The van der Waals surface area contributed by atoms with Crippen LogP contribution >= 0.6 is 23.2 Å². The summed E-state index contributed by atoms with van der Waals surface area (Å²) in [6.07, 6.45) is 0. The van der Waals surface area contributed by atoms with Crippen LogP contribution in [-0.2, 0) is 6.61 Å². The van der Waals surface area contributed by atoms with E-state index < -0.39 is 0 Å². The molecule has 2 rings (SSSR count). The highest BCUT2D eigenvalue weighted by Gasteiger charge is 2.10. The normalized spacial score (nSPS) is 10.0. The minimum atomic E-state index is -0.126. The molecule has 0 aliphatic heterocycles. The number of nitrogens with zero attached hydrogens (tertiary/aromatic N) is 1. The summed E-state index contributed by atoms with van der Waals surface area (Å²) in [5, 5.41) is 9.72. The topological polar surface area (TPSA) is 50.1 Å². The zero-order chi connectivity index (χ0) is 15.4. The number of ketones is 1. The first-order valence-electron chi connectivity index (χ1n) is 6.13. The van der Waals surface area contributed by atoms with E-state index in [0.717, 1.165) is 5.56 Å². The molecule has 0 atom stereocenters. The summed E-state index contributed by atoms with van der Waals surface area (Å²) >= 11 is 12.0. The van der Waals surface area contributed by atoms with E-state index in [1.165, 1.54) is 6.92 Å². The van der Waals surface area contributed by atoms with E-state index in [1.807, 2.05) is 6.07 Å². The van der Waals surface area contributed by atoms with Gasteiger partial charge in [-0.15, -0.1) is 0 Å². The molecule has 0 aliphatic carbocycles. The van der Waals surface area contributed by atoms with Crippen molar-refractivity contribution >= 4 is 29.0 Å². The van der Waals surface area contributed by atoms with E-state index >= 15 is 0 Å². The lowest BCUT2D eigenvalue weighted by Crippen LogP contribution is -2.02. The SMILES string of the molecule is CC(=O)c1cc(Cl)ccc1OCc1ccc(C#N)cc1Cl. The molecule has 0 aromatic heterocycles. The Kier molecular flexibility index (Phi) is 4.85. The molecule has 0 unspecified atom stereocenters. The second-order valence-electron chi connectivity index (χ2n) is 4.40. The quantitative estimate of drug-likeness (QED) is 0.771. The third kappa shape index (κ3) is 3.75. The molecule has 106 valence electrons. The van der Waals surface area contributed by atoms with Crippen molar-refractivity contribution in [2.45, 2.75) is 13.5 Å². The number of hydrogen-bond donors (Lipinski definition) is 0. The van der Waals surface area contributed by atoms with Gasteiger partial charge in [0.05, 0.1) is 17.2 Å². The smallest absolute Gasteiger partial charge is 0.163 e. The lowest BCUT2D eigenvalue weighted by molar-refractivity contribution is 0.101. The number of Topliss-reactive ketones (excluding diaryl/α,β-unsaturated/α-hetero) is 1. The highest BCUT2D eigenvalue weighted by Crippen LogP contribution is 2.26. The van der Waals surface area contributed by atoms with Crippen LogP contribution in [0.5, 0.6) is 5.75 Å². The second kappa shape index (κ2) is 6.62. The van der Waals surface area contributed by atoms with Gasteiger partial charge in [-0.2, -0.15) is 5.26 Å². The highest BCUT2D eigenvalue weighted by molar-refractivity contribution is 6.31. The molecule has 2 aromatic carbocycles. The van der Waals surface area contributed by atoms with Crippen molar-refractivity contribution < 1.29 is 9.53 Å². The number of carbonyl (C=O) groups is 1. The van der Waals surface area contributed by atoms with Gasteiger partial charge in [-0.05, 0) is 37.3 Å². The van der Waals surface area contributed by atoms with Crippen LogP contribution in [-0.4, -0.2) is 5.78 Å². The number of nitriles is 1. The van der Waals surface area contributed by atoms with E-state index in [0.29, 0.717) is 26.9 Å². The van der Waals surface area contributed by atoms with Crippen LogP contribution in [0.1, 0.15) is 28.4 Å². The van der Waals surface area contributed by atoms with E-state index in [2.05, 4.69) is 0 Å². The summed E-state index contributed by atoms with van der Waals surface area (Å²) in [7, 11) is 0. The van der Waals surface area contributed by atoms with Crippen molar-refractivity contribution in [3.05, 3.63) is 63.1 Å². The fraction of sp³-hybridized carbons (Fsp3) is 0.125. The molecule has 0 bridgehead atoms. The molecule has 5 heteroatoms. The molecular weight excluding hydrogens is 309 g/mol. The maximum atomic E-state index is 11.6. The summed E-state index contributed by atoms with van der Waals surface area (Å²) in [6.45, 7) is 1.65. The van der Waals surface area contributed by atoms with E-state index in [1.54, 1.807) is 36.4 Å². The van der Waals surface area contributed by atoms with Gasteiger partial charge >= 0.3 is 0 Å². The van der Waals surface area contributed by atoms with Crippen LogP contribution in [0, 0.1) is 11.3 Å². The predicted octanol–water partition coefficient (Wildman–Crippen LogP) is 4.65. The van der Waals surface area contributed by atoms with Gasteiger partial charge in [0.2, 0.25) is 0 Å². The monoisotopic (exact) mass is 319 g/mol. The molecule has 0 radical (unpaired) electrons. The zero-order valence-corrected chi connectivity index (χ0v) is 12.7. The van der Waals surface area contributed by atoms with Crippen LogP contribution in [0.4, 0.5) is 0 Å². The highest BCUT2D eigenvalue weighted by atomic mass is 35.5. The molecule has 3 nitrogen and oxygen atoms in total. The number of ether oxygens (including phenoxy) is 1. The first kappa shape index (κ1) is 15.4. The van der Waals surface area contributed by atoms with Gasteiger partial charge in [-0.3, -0.25) is 4.79 Å². The van der Waals surface area contributed by atoms with Crippen molar-refractivity contribution in [3.63, 3.8) is 0 Å². The average molecular weight is 320 g/mol. The molecule has 0 amide bonds. The Balaban J connectivity index is 2.21. The third-order valence-electron chi connectivity index (χ3n) is 2.89. The molecule has 0 aliphatic rings. The maximum absolute atomic E-state index is 11.6. The molecule has 0 N–H and O–H groups in total. The van der Waals surface area contributed by atoms with Crippen molar-refractivity contribution in [2.24, 2.45) is 0 Å². The van der Waals surface area contributed by atoms with Gasteiger partial charge < -0.3 is 4.74 Å². The van der Waals surface area contributed by atoms with Crippen molar-refractivity contribution in [2.75, 3.05) is 0 Å². The minimum Gasteiger partial charge on any atom is -0.488 e. The Hall–Kier alpha value is -2.02. The van der Waals surface area contributed by atoms with Crippen molar-refractivity contribution in [1.82, 2.24) is 0 Å². The largest absolute Gasteiger partial charge is 0.488 e. The Morgan fingerprint density at radius 2 is 2.00 bits per heavy atom. The molecular formula is C16H11Cl2NO2. The van der Waals surface area contributed by atoms with Gasteiger partial charge in [0.25, 0.3) is 0 Å². The molecule has 0 heterocycles. The number of hydrogen-bond acceptors (Lipinski definition) is 3. The number of halogens is 2. The Labute approximate surface area is 132 Å². The summed E-state index contributed by atoms with van der Waals surface area (Å²) in [6, 6.07) is 11.9. The second-order valence-corrected chi connectivity index (χ2v) is 5.25. The van der Waals surface area contributed by atoms with Crippen molar-refractivity contribution in [3.8, 4) is 11.8 Å². The Morgan fingerprint density at radius 3 is 2.62 bits per heavy atom. The fourth-order valence-electron chi connectivity index (χ4n) is 1.79. The summed E-state index contributed by atoms with van der Waals surface area (Å²) in [5.74, 6) is 0.325. The predicted molar refractivity (Wildman–Crippen MR) is 82.0 cm³/mol. The third-order valence-corrected chi connectivity index (χ3v) is 3.47. The lowest BCUT2D eigenvalue weighted by Gasteiger charge is -2.11. The number of benzene rings is 2. The summed E-state index contributed by atoms with van der Waals surface area (Å²) in [4.78, 5) is 11.6. The zero-order valence-electron chi connectivity index (χ0n) is 11.2. The molecule has 0 spiro atoms. The van der Waals surface area contributed by atoms with Crippen LogP contribution in [0.25, 0.3) is 0 Å². The van der Waals surface area contributed by atoms with Gasteiger partial charge in [0, 0.05) is 15.6 Å². The lowest BCUT2D eigenvalue weighted by atomic mass is 10.1.